The van der Waals surface area contributed by atoms with Crippen LogP contribution in [-0.2, 0) is 14.8 Å². The third-order valence-electron chi connectivity index (χ3n) is 8.31. The summed E-state index contributed by atoms with van der Waals surface area (Å²) in [5, 5.41) is 1.38. The Morgan fingerprint density at radius 1 is 0.956 bits per heavy atom. The van der Waals surface area contributed by atoms with E-state index in [4.69, 9.17) is 18.9 Å². The molecule has 3 aromatic carbocycles. The van der Waals surface area contributed by atoms with Crippen LogP contribution in [0.4, 0.5) is 0 Å². The van der Waals surface area contributed by atoms with Crippen molar-refractivity contribution in [3.8, 4) is 17.2 Å². The van der Waals surface area contributed by atoms with Gasteiger partial charge in [0.15, 0.2) is 5.76 Å². The molecule has 5 aromatic rings. The van der Waals surface area contributed by atoms with Crippen molar-refractivity contribution in [3.05, 3.63) is 89.5 Å². The van der Waals surface area contributed by atoms with Gasteiger partial charge in [-0.05, 0) is 96.2 Å². The molecule has 1 amide bonds. The summed E-state index contributed by atoms with van der Waals surface area (Å²) in [7, 11) is -4.16. The fourth-order valence-electron chi connectivity index (χ4n) is 6.73. The fourth-order valence-corrected chi connectivity index (χ4v) is 7.72. The highest BCUT2D eigenvalue weighted by Crippen LogP contribution is 2.40. The van der Waals surface area contributed by atoms with Gasteiger partial charge in [-0.25, -0.2) is 18.1 Å². The Balaban J connectivity index is 1.47. The second-order valence-electron chi connectivity index (χ2n) is 13.2. The molecule has 1 N–H and O–H groups in total. The first-order chi connectivity index (χ1) is 21.2. The molecule has 0 spiro atoms. The lowest BCUT2D eigenvalue weighted by Gasteiger charge is -2.45. The van der Waals surface area contributed by atoms with Gasteiger partial charge in [0.1, 0.15) is 17.0 Å². The summed E-state index contributed by atoms with van der Waals surface area (Å²) in [5.41, 5.74) is 2.84. The highest BCUT2D eigenvalue weighted by molar-refractivity contribution is 7.90. The molecule has 1 aliphatic heterocycles. The number of fused-ring (bicyclic) bond motifs is 2. The second-order valence-corrected chi connectivity index (χ2v) is 14.8. The van der Waals surface area contributed by atoms with Crippen LogP contribution in [0.25, 0.3) is 33.3 Å². The zero-order chi connectivity index (χ0) is 32.1. The molecule has 234 valence electrons. The first kappa shape index (κ1) is 30.8. The number of benzene rings is 3. The summed E-state index contributed by atoms with van der Waals surface area (Å²) in [6, 6.07) is 20.8. The summed E-state index contributed by atoms with van der Waals surface area (Å²) in [5.74, 6) is 0.391. The van der Waals surface area contributed by atoms with Crippen LogP contribution in [0.5, 0.6) is 5.75 Å². The maximum absolute atomic E-state index is 14.0. The number of ether oxygens (including phenoxy) is 2. The van der Waals surface area contributed by atoms with Gasteiger partial charge < -0.3 is 13.9 Å². The van der Waals surface area contributed by atoms with Crippen molar-refractivity contribution in [1.82, 2.24) is 9.71 Å². The van der Waals surface area contributed by atoms with Gasteiger partial charge in [-0.1, -0.05) is 42.5 Å². The van der Waals surface area contributed by atoms with Gasteiger partial charge in [0, 0.05) is 10.9 Å². The fraction of sp³-hybridized carbons (Fsp3) is 0.333. The van der Waals surface area contributed by atoms with Crippen molar-refractivity contribution in [2.75, 3.05) is 6.61 Å². The number of hydrogen-bond donors (Lipinski definition) is 1. The molecule has 3 heterocycles. The molecule has 0 unspecified atom stereocenters. The number of carbonyl (C=O) groups excluding carboxylic acids is 1. The van der Waals surface area contributed by atoms with Crippen molar-refractivity contribution in [1.29, 1.82) is 0 Å². The Morgan fingerprint density at radius 3 is 2.31 bits per heavy atom. The average molecular weight is 627 g/mol. The van der Waals surface area contributed by atoms with Gasteiger partial charge in [0.25, 0.3) is 15.9 Å². The standard InChI is InChI=1S/C36H38N2O6S/c1-22-16-17-30(42-21-24-19-35(3,4)44-36(5,6)20-24)31-27(34(39)38-45(40,41)25-12-8-7-9-13-25)18-28(37-32(22)31)33-23(2)26-14-10-11-15-29(26)43-33/h7-18,24H,19-21H2,1-6H3,(H,38,39). The highest BCUT2D eigenvalue weighted by atomic mass is 32.2. The van der Waals surface area contributed by atoms with Gasteiger partial charge >= 0.3 is 0 Å². The summed E-state index contributed by atoms with van der Waals surface area (Å²) in [6.07, 6.45) is 1.63. The minimum atomic E-state index is -4.16. The van der Waals surface area contributed by atoms with Crippen LogP contribution in [0.1, 0.15) is 62.0 Å². The van der Waals surface area contributed by atoms with E-state index in [1.165, 1.54) is 12.1 Å². The van der Waals surface area contributed by atoms with E-state index in [1.807, 2.05) is 50.2 Å². The number of amides is 1. The SMILES string of the molecule is Cc1c(-c2cc(C(=O)NS(=O)(=O)c3ccccc3)c3c(OCC4CC(C)(C)OC(C)(C)C4)ccc(C)c3n2)oc2ccccc12. The minimum Gasteiger partial charge on any atom is -0.493 e. The highest BCUT2D eigenvalue weighted by Gasteiger charge is 2.39. The van der Waals surface area contributed by atoms with E-state index in [9.17, 15) is 13.2 Å². The summed E-state index contributed by atoms with van der Waals surface area (Å²) in [6.45, 7) is 12.6. The molecule has 0 radical (unpaired) electrons. The monoisotopic (exact) mass is 626 g/mol. The number of para-hydroxylation sites is 1. The smallest absolute Gasteiger partial charge is 0.265 e. The molecule has 2 aromatic heterocycles. The van der Waals surface area contributed by atoms with E-state index >= 15 is 0 Å². The number of carbonyl (C=O) groups is 1. The predicted molar refractivity (Wildman–Crippen MR) is 175 cm³/mol. The molecule has 0 saturated carbocycles. The molecule has 0 atom stereocenters. The van der Waals surface area contributed by atoms with Crippen molar-refractivity contribution < 1.29 is 27.1 Å². The molecular weight excluding hydrogens is 588 g/mol. The van der Waals surface area contributed by atoms with Crippen LogP contribution >= 0.6 is 0 Å². The Labute approximate surface area is 263 Å². The van der Waals surface area contributed by atoms with Crippen LogP contribution < -0.4 is 9.46 Å². The van der Waals surface area contributed by atoms with Crippen LogP contribution in [-0.4, -0.2) is 37.1 Å². The molecular formula is C36H38N2O6S. The average Bonchev–Trinajstić information content (AvgIpc) is 3.31. The van der Waals surface area contributed by atoms with Gasteiger partial charge in [0.05, 0.1) is 39.2 Å². The van der Waals surface area contributed by atoms with E-state index in [0.29, 0.717) is 40.3 Å². The van der Waals surface area contributed by atoms with Crippen LogP contribution in [0.2, 0.25) is 0 Å². The number of sulfonamides is 1. The molecule has 1 saturated heterocycles. The lowest BCUT2D eigenvalue weighted by molar-refractivity contribution is -0.175. The van der Waals surface area contributed by atoms with Crippen LogP contribution in [0, 0.1) is 19.8 Å². The number of aromatic nitrogens is 1. The van der Waals surface area contributed by atoms with Crippen LogP contribution in [0.3, 0.4) is 0 Å². The molecule has 8 nitrogen and oxygen atoms in total. The number of aryl methyl sites for hydroxylation is 2. The minimum absolute atomic E-state index is 0.0116. The van der Waals surface area contributed by atoms with Crippen molar-refractivity contribution >= 4 is 37.8 Å². The maximum atomic E-state index is 14.0. The third kappa shape index (κ3) is 6.19. The van der Waals surface area contributed by atoms with Crippen LogP contribution in [0.15, 0.2) is 82.1 Å². The molecule has 9 heteroatoms. The predicted octanol–water partition coefficient (Wildman–Crippen LogP) is 7.75. The van der Waals surface area contributed by atoms with E-state index in [0.717, 1.165) is 29.4 Å². The molecule has 1 aliphatic rings. The number of pyridine rings is 1. The maximum Gasteiger partial charge on any atom is 0.265 e. The molecule has 6 rings (SSSR count). The number of rotatable bonds is 7. The van der Waals surface area contributed by atoms with Crippen molar-refractivity contribution in [3.63, 3.8) is 0 Å². The Hall–Kier alpha value is -4.21. The third-order valence-corrected chi connectivity index (χ3v) is 9.66. The quantitative estimate of drug-likeness (QED) is 0.197. The number of nitrogens with zero attached hydrogens (tertiary/aromatic N) is 1. The lowest BCUT2D eigenvalue weighted by Crippen LogP contribution is -2.46. The Bertz CT molecular complexity index is 2010. The topological polar surface area (TPSA) is 108 Å². The number of hydrogen-bond acceptors (Lipinski definition) is 7. The van der Waals surface area contributed by atoms with E-state index in [2.05, 4.69) is 32.4 Å². The van der Waals surface area contributed by atoms with Gasteiger partial charge in [-0.2, -0.15) is 0 Å². The second kappa shape index (κ2) is 11.3. The first-order valence-corrected chi connectivity index (χ1v) is 16.6. The summed E-state index contributed by atoms with van der Waals surface area (Å²) in [4.78, 5) is 19.0. The summed E-state index contributed by atoms with van der Waals surface area (Å²) >= 11 is 0. The van der Waals surface area contributed by atoms with E-state index in [-0.39, 0.29) is 27.6 Å². The van der Waals surface area contributed by atoms with E-state index < -0.39 is 15.9 Å². The largest absolute Gasteiger partial charge is 0.493 e. The van der Waals surface area contributed by atoms with E-state index in [1.54, 1.807) is 24.3 Å². The van der Waals surface area contributed by atoms with Crippen molar-refractivity contribution in [2.24, 2.45) is 5.92 Å². The van der Waals surface area contributed by atoms with Gasteiger partial charge in [-0.3, -0.25) is 4.79 Å². The molecule has 0 aliphatic carbocycles. The number of furan rings is 1. The Kier molecular flexibility index (Phi) is 7.73. The first-order valence-electron chi connectivity index (χ1n) is 15.1. The summed E-state index contributed by atoms with van der Waals surface area (Å²) < 4.78 is 47.8. The van der Waals surface area contributed by atoms with Gasteiger partial charge in [-0.15, -0.1) is 0 Å². The van der Waals surface area contributed by atoms with Crippen molar-refractivity contribution in [2.45, 2.75) is 70.5 Å². The molecule has 0 bridgehead atoms. The lowest BCUT2D eigenvalue weighted by atomic mass is 9.81. The molecule has 45 heavy (non-hydrogen) atoms. The molecule has 1 fully saturated rings. The zero-order valence-electron chi connectivity index (χ0n) is 26.4. The Morgan fingerprint density at radius 2 is 1.62 bits per heavy atom. The normalized spacial score (nSPS) is 16.6. The number of nitrogens with one attached hydrogen (secondary N) is 1. The van der Waals surface area contributed by atoms with Gasteiger partial charge in [0.2, 0.25) is 0 Å². The zero-order valence-corrected chi connectivity index (χ0v) is 27.2.